The Morgan fingerprint density at radius 1 is 0.400 bits per heavy atom. The number of allylic oxidation sites excluding steroid dienone is 1. The van der Waals surface area contributed by atoms with Crippen LogP contribution < -0.4 is 0 Å². The second-order valence-electron chi connectivity index (χ2n) is 14.0. The summed E-state index contributed by atoms with van der Waals surface area (Å²) in [4.78, 5) is 5.38. The molecule has 3 heteroatoms. The Labute approximate surface area is 320 Å². The van der Waals surface area contributed by atoms with Crippen LogP contribution >= 0.6 is 0 Å². The van der Waals surface area contributed by atoms with Crippen molar-refractivity contribution in [2.24, 2.45) is 4.99 Å². The smallest absolute Gasteiger partial charge is 0.0744 e. The normalized spacial score (nSPS) is 12.3. The number of nitrogens with zero attached hydrogens (tertiary/aromatic N) is 3. The fourth-order valence-electron chi connectivity index (χ4n) is 8.17. The summed E-state index contributed by atoms with van der Waals surface area (Å²) in [5.41, 5.74) is 13.6. The van der Waals surface area contributed by atoms with Gasteiger partial charge in [0.2, 0.25) is 0 Å². The minimum Gasteiger partial charge on any atom is -0.309 e. The number of hydrogen-bond donors (Lipinski definition) is 0. The van der Waals surface area contributed by atoms with E-state index in [-0.39, 0.29) is 0 Å². The predicted octanol–water partition coefficient (Wildman–Crippen LogP) is 13.1. The zero-order valence-corrected chi connectivity index (χ0v) is 30.3. The van der Waals surface area contributed by atoms with Gasteiger partial charge in [-0.15, -0.1) is 0 Å². The highest BCUT2D eigenvalue weighted by Crippen LogP contribution is 2.37. The SMILES string of the molecule is C(=N\C(=C(/Cc1cccc(-n2c3ccccc3c3ccccc32)c1)c1ccccc1)c1cccc(-n2c3ccccc3c3ccccc32)c1)/c1ccccc1. The Bertz CT molecular complexity index is 2950. The van der Waals surface area contributed by atoms with Crippen molar-refractivity contribution in [3.05, 3.63) is 229 Å². The molecule has 2 aromatic heterocycles. The summed E-state index contributed by atoms with van der Waals surface area (Å²) in [6.07, 6.45) is 2.69. The van der Waals surface area contributed by atoms with Gasteiger partial charge in [0.1, 0.15) is 0 Å². The average Bonchev–Trinajstić information content (AvgIpc) is 3.77. The summed E-state index contributed by atoms with van der Waals surface area (Å²) in [7, 11) is 0. The molecule has 0 saturated carbocycles. The van der Waals surface area contributed by atoms with Crippen LogP contribution in [0.15, 0.2) is 211 Å². The van der Waals surface area contributed by atoms with Crippen LogP contribution in [0.1, 0.15) is 22.3 Å². The Morgan fingerprint density at radius 3 is 1.38 bits per heavy atom. The molecule has 10 aromatic rings. The van der Waals surface area contributed by atoms with E-state index in [4.69, 9.17) is 4.99 Å². The molecule has 0 fully saturated rings. The van der Waals surface area contributed by atoms with Crippen LogP contribution in [0.5, 0.6) is 0 Å². The second kappa shape index (κ2) is 14.0. The number of rotatable bonds is 8. The van der Waals surface area contributed by atoms with E-state index in [1.807, 2.05) is 12.3 Å². The third-order valence-electron chi connectivity index (χ3n) is 10.6. The molecule has 0 N–H and O–H groups in total. The van der Waals surface area contributed by atoms with E-state index in [1.165, 1.54) is 49.2 Å². The summed E-state index contributed by atoms with van der Waals surface area (Å²) in [5, 5.41) is 5.01. The number of fused-ring (bicyclic) bond motifs is 6. The lowest BCUT2D eigenvalue weighted by molar-refractivity contribution is 1.16. The van der Waals surface area contributed by atoms with Crippen molar-refractivity contribution in [3.63, 3.8) is 0 Å². The molecule has 0 aliphatic heterocycles. The lowest BCUT2D eigenvalue weighted by atomic mass is 9.93. The molecule has 0 amide bonds. The van der Waals surface area contributed by atoms with Gasteiger partial charge in [0.15, 0.2) is 0 Å². The van der Waals surface area contributed by atoms with E-state index < -0.39 is 0 Å². The Hall–Kier alpha value is -7.23. The first-order chi connectivity index (χ1) is 27.3. The van der Waals surface area contributed by atoms with Gasteiger partial charge in [0, 0.05) is 51.1 Å². The first-order valence-corrected chi connectivity index (χ1v) is 18.8. The van der Waals surface area contributed by atoms with Crippen molar-refractivity contribution in [2.45, 2.75) is 6.42 Å². The molecule has 3 nitrogen and oxygen atoms in total. The minimum atomic E-state index is 0.691. The van der Waals surface area contributed by atoms with Gasteiger partial charge in [-0.1, -0.05) is 158 Å². The molecule has 0 radical (unpaired) electrons. The van der Waals surface area contributed by atoms with Crippen LogP contribution in [-0.4, -0.2) is 15.3 Å². The predicted molar refractivity (Wildman–Crippen MR) is 233 cm³/mol. The molecule has 0 aliphatic carbocycles. The van der Waals surface area contributed by atoms with E-state index >= 15 is 0 Å². The third-order valence-corrected chi connectivity index (χ3v) is 10.6. The van der Waals surface area contributed by atoms with Gasteiger partial charge in [-0.05, 0) is 70.8 Å². The van der Waals surface area contributed by atoms with Crippen LogP contribution in [0.2, 0.25) is 0 Å². The number of benzene rings is 8. The highest BCUT2D eigenvalue weighted by Gasteiger charge is 2.17. The zero-order valence-electron chi connectivity index (χ0n) is 30.3. The van der Waals surface area contributed by atoms with Gasteiger partial charge in [0.05, 0.1) is 27.8 Å². The lowest BCUT2D eigenvalue weighted by Gasteiger charge is -2.17. The fraction of sp³-hybridized carbons (Fsp3) is 0.0192. The maximum absolute atomic E-state index is 5.38. The molecule has 10 rings (SSSR count). The van der Waals surface area contributed by atoms with E-state index in [0.717, 1.165) is 39.3 Å². The molecule has 0 atom stereocenters. The summed E-state index contributed by atoms with van der Waals surface area (Å²) < 4.78 is 4.77. The Kier molecular flexibility index (Phi) is 8.23. The molecule has 0 bridgehead atoms. The van der Waals surface area contributed by atoms with Gasteiger partial charge in [-0.2, -0.15) is 0 Å². The number of para-hydroxylation sites is 4. The van der Waals surface area contributed by atoms with Gasteiger partial charge < -0.3 is 9.13 Å². The maximum atomic E-state index is 5.38. The third kappa shape index (κ3) is 5.93. The quantitative estimate of drug-likeness (QED) is 0.111. The van der Waals surface area contributed by atoms with Crippen molar-refractivity contribution >= 4 is 61.1 Å². The van der Waals surface area contributed by atoms with Crippen molar-refractivity contribution < 1.29 is 0 Å². The lowest BCUT2D eigenvalue weighted by Crippen LogP contribution is -2.00. The van der Waals surface area contributed by atoms with Crippen molar-refractivity contribution in [1.82, 2.24) is 9.13 Å². The highest BCUT2D eigenvalue weighted by molar-refractivity contribution is 6.10. The molecule has 0 unspecified atom stereocenters. The molecular weight excluding hydrogens is 667 g/mol. The molecule has 55 heavy (non-hydrogen) atoms. The summed E-state index contributed by atoms with van der Waals surface area (Å²) in [6, 6.07) is 73.7. The zero-order chi connectivity index (χ0) is 36.6. The van der Waals surface area contributed by atoms with E-state index in [9.17, 15) is 0 Å². The first kappa shape index (κ1) is 32.4. The number of aromatic nitrogens is 2. The molecular formula is C52H37N3. The standard InChI is InChI=1S/C52H37N3/c1-3-17-37(18-4-1)36-53-52(40-22-16-24-42(35-40)55-50-31-13-9-27-45(50)46-28-10-14-32-51(46)55)47(39-20-5-2-6-21-39)34-38-19-15-23-41(33-38)54-48-29-11-7-25-43(48)44-26-8-12-30-49(44)54/h1-33,35-36H,34H2/b52-47+,53-36+. The fourth-order valence-corrected chi connectivity index (χ4v) is 8.17. The van der Waals surface area contributed by atoms with Gasteiger partial charge in [0.25, 0.3) is 0 Å². The first-order valence-electron chi connectivity index (χ1n) is 18.8. The van der Waals surface area contributed by atoms with Crippen LogP contribution in [0, 0.1) is 0 Å². The topological polar surface area (TPSA) is 22.2 Å². The largest absolute Gasteiger partial charge is 0.309 e. The number of aliphatic imine (C=N–C) groups is 1. The van der Waals surface area contributed by atoms with Gasteiger partial charge in [-0.25, -0.2) is 0 Å². The van der Waals surface area contributed by atoms with Gasteiger partial charge >= 0.3 is 0 Å². The highest BCUT2D eigenvalue weighted by atomic mass is 15.0. The van der Waals surface area contributed by atoms with Gasteiger partial charge in [-0.3, -0.25) is 4.99 Å². The Morgan fingerprint density at radius 2 is 0.836 bits per heavy atom. The van der Waals surface area contributed by atoms with Crippen LogP contribution in [-0.2, 0) is 6.42 Å². The minimum absolute atomic E-state index is 0.691. The average molecular weight is 704 g/mol. The van der Waals surface area contributed by atoms with E-state index in [0.29, 0.717) is 6.42 Å². The second-order valence-corrected chi connectivity index (χ2v) is 14.0. The molecule has 260 valence electrons. The van der Waals surface area contributed by atoms with Crippen molar-refractivity contribution in [3.8, 4) is 11.4 Å². The van der Waals surface area contributed by atoms with Crippen LogP contribution in [0.3, 0.4) is 0 Å². The monoisotopic (exact) mass is 703 g/mol. The van der Waals surface area contributed by atoms with E-state index in [1.54, 1.807) is 0 Å². The molecule has 0 aliphatic rings. The van der Waals surface area contributed by atoms with Crippen molar-refractivity contribution in [1.29, 1.82) is 0 Å². The summed E-state index contributed by atoms with van der Waals surface area (Å²) in [5.74, 6) is 0. The van der Waals surface area contributed by atoms with Crippen LogP contribution in [0.4, 0.5) is 0 Å². The molecule has 8 aromatic carbocycles. The van der Waals surface area contributed by atoms with Crippen LogP contribution in [0.25, 0.3) is 66.3 Å². The van der Waals surface area contributed by atoms with Crippen molar-refractivity contribution in [2.75, 3.05) is 0 Å². The molecule has 0 spiro atoms. The molecule has 2 heterocycles. The molecule has 0 saturated heterocycles. The van der Waals surface area contributed by atoms with E-state index in [2.05, 4.69) is 209 Å². The maximum Gasteiger partial charge on any atom is 0.0744 e. The summed E-state index contributed by atoms with van der Waals surface area (Å²) >= 11 is 0. The Balaban J connectivity index is 1.17. The summed E-state index contributed by atoms with van der Waals surface area (Å²) in [6.45, 7) is 0. The number of hydrogen-bond acceptors (Lipinski definition) is 1.